The van der Waals surface area contributed by atoms with Crippen LogP contribution in [-0.2, 0) is 9.47 Å². The molecule has 19 heavy (non-hydrogen) atoms. The van der Waals surface area contributed by atoms with Crippen LogP contribution in [0.1, 0.15) is 28.1 Å². The van der Waals surface area contributed by atoms with Crippen molar-refractivity contribution >= 4 is 17.2 Å². The van der Waals surface area contributed by atoms with Gasteiger partial charge in [-0.25, -0.2) is 0 Å². The van der Waals surface area contributed by atoms with Crippen LogP contribution in [0.25, 0.3) is 0 Å². The molecule has 0 spiro atoms. The largest absolute Gasteiger partial charge is 0.379 e. The fourth-order valence-electron chi connectivity index (χ4n) is 3.10. The third-order valence-electron chi connectivity index (χ3n) is 4.04. The van der Waals surface area contributed by atoms with E-state index in [9.17, 15) is 4.79 Å². The summed E-state index contributed by atoms with van der Waals surface area (Å²) in [7, 11) is 1.72. The van der Waals surface area contributed by atoms with Crippen molar-refractivity contribution in [1.29, 1.82) is 0 Å². The number of nitrogens with zero attached hydrogens (tertiary/aromatic N) is 1. The third kappa shape index (κ3) is 2.30. The summed E-state index contributed by atoms with van der Waals surface area (Å²) in [5, 5.41) is 2.03. The van der Waals surface area contributed by atoms with E-state index in [0.717, 1.165) is 23.3 Å². The van der Waals surface area contributed by atoms with E-state index in [-0.39, 0.29) is 24.2 Å². The van der Waals surface area contributed by atoms with Crippen molar-refractivity contribution in [2.45, 2.75) is 38.0 Å². The van der Waals surface area contributed by atoms with Crippen LogP contribution in [0, 0.1) is 6.92 Å². The van der Waals surface area contributed by atoms with Gasteiger partial charge in [0, 0.05) is 13.7 Å². The van der Waals surface area contributed by atoms with Crippen molar-refractivity contribution in [2.24, 2.45) is 0 Å². The number of amides is 1. The highest BCUT2D eigenvalue weighted by Crippen LogP contribution is 2.33. The number of thiophene rings is 1. The minimum absolute atomic E-state index is 0.0451. The molecule has 3 atom stereocenters. The summed E-state index contributed by atoms with van der Waals surface area (Å²) < 4.78 is 11.3. The Kier molecular flexibility index (Phi) is 3.60. The number of morpholine rings is 1. The van der Waals surface area contributed by atoms with Crippen LogP contribution in [0.3, 0.4) is 0 Å². The number of rotatable bonds is 2. The Morgan fingerprint density at radius 1 is 1.53 bits per heavy atom. The zero-order valence-electron chi connectivity index (χ0n) is 11.3. The molecule has 3 rings (SSSR count). The van der Waals surface area contributed by atoms with E-state index in [1.165, 1.54) is 11.3 Å². The minimum atomic E-state index is 0.0451. The molecule has 5 heteroatoms. The smallest absolute Gasteiger partial charge is 0.264 e. The Morgan fingerprint density at radius 2 is 2.37 bits per heavy atom. The average Bonchev–Trinajstić information content (AvgIpc) is 3.03. The van der Waals surface area contributed by atoms with E-state index < -0.39 is 0 Å². The van der Waals surface area contributed by atoms with Gasteiger partial charge in [-0.05, 0) is 36.8 Å². The summed E-state index contributed by atoms with van der Waals surface area (Å²) in [6, 6.07) is 2.15. The lowest BCUT2D eigenvalue weighted by molar-refractivity contribution is -0.0946. The van der Waals surface area contributed by atoms with E-state index in [4.69, 9.17) is 9.47 Å². The molecule has 0 aromatic carbocycles. The van der Waals surface area contributed by atoms with Gasteiger partial charge < -0.3 is 14.4 Å². The number of aryl methyl sites for hydroxylation is 1. The molecule has 0 bridgehead atoms. The molecule has 4 nitrogen and oxygen atoms in total. The zero-order chi connectivity index (χ0) is 13.4. The molecule has 0 unspecified atom stereocenters. The number of fused-ring (bicyclic) bond motifs is 1. The number of carbonyl (C=O) groups excluding carboxylic acids is 1. The molecule has 2 heterocycles. The molecule has 2 fully saturated rings. The Labute approximate surface area is 117 Å². The van der Waals surface area contributed by atoms with Gasteiger partial charge in [-0.15, -0.1) is 11.3 Å². The van der Waals surface area contributed by atoms with E-state index in [1.54, 1.807) is 7.11 Å². The first kappa shape index (κ1) is 13.1. The van der Waals surface area contributed by atoms with E-state index in [0.29, 0.717) is 13.2 Å². The molecule has 104 valence electrons. The van der Waals surface area contributed by atoms with Gasteiger partial charge in [-0.1, -0.05) is 0 Å². The Morgan fingerprint density at radius 3 is 3.05 bits per heavy atom. The summed E-state index contributed by atoms with van der Waals surface area (Å²) in [5.41, 5.74) is 1.15. The molecule has 0 N–H and O–H groups in total. The van der Waals surface area contributed by atoms with Crippen LogP contribution in [0.2, 0.25) is 0 Å². The maximum atomic E-state index is 12.6. The second-order valence-electron chi connectivity index (χ2n) is 5.24. The Balaban J connectivity index is 1.79. The maximum Gasteiger partial charge on any atom is 0.264 e. The number of hydrogen-bond acceptors (Lipinski definition) is 4. The van der Waals surface area contributed by atoms with Crippen molar-refractivity contribution in [3.63, 3.8) is 0 Å². The van der Waals surface area contributed by atoms with Crippen LogP contribution < -0.4 is 0 Å². The maximum absolute atomic E-state index is 12.6. The lowest BCUT2D eigenvalue weighted by atomic mass is 10.1. The van der Waals surface area contributed by atoms with Crippen molar-refractivity contribution in [1.82, 2.24) is 4.90 Å². The molecular formula is C14H19NO3S. The fraction of sp³-hybridized carbons (Fsp3) is 0.643. The molecule has 2 aliphatic rings. The molecule has 1 aromatic rings. The van der Waals surface area contributed by atoms with Crippen LogP contribution >= 0.6 is 11.3 Å². The summed E-state index contributed by atoms with van der Waals surface area (Å²) in [5.74, 6) is 0.146. The van der Waals surface area contributed by atoms with Gasteiger partial charge in [-0.2, -0.15) is 0 Å². The third-order valence-corrected chi connectivity index (χ3v) is 5.08. The molecule has 1 aliphatic heterocycles. The van der Waals surface area contributed by atoms with E-state index in [2.05, 4.69) is 0 Å². The van der Waals surface area contributed by atoms with Crippen molar-refractivity contribution < 1.29 is 14.3 Å². The Hall–Kier alpha value is -0.910. The number of ether oxygens (including phenoxy) is 2. The van der Waals surface area contributed by atoms with Crippen LogP contribution in [0.15, 0.2) is 11.4 Å². The SMILES string of the molecule is CO[C@@H]1CC[C@H]2[C@H]1OCCN2C(=O)c1cc(C)cs1. The highest BCUT2D eigenvalue weighted by atomic mass is 32.1. The van der Waals surface area contributed by atoms with E-state index >= 15 is 0 Å². The monoisotopic (exact) mass is 281 g/mol. The predicted octanol–water partition coefficient (Wildman–Crippen LogP) is 2.07. The molecule has 1 amide bonds. The average molecular weight is 281 g/mol. The molecular weight excluding hydrogens is 262 g/mol. The van der Waals surface area contributed by atoms with Gasteiger partial charge in [0.1, 0.15) is 6.10 Å². The van der Waals surface area contributed by atoms with Gasteiger partial charge >= 0.3 is 0 Å². The molecule has 1 aliphatic carbocycles. The second kappa shape index (κ2) is 5.23. The van der Waals surface area contributed by atoms with E-state index in [1.807, 2.05) is 23.3 Å². The molecule has 1 saturated heterocycles. The lowest BCUT2D eigenvalue weighted by Gasteiger charge is -2.38. The second-order valence-corrected chi connectivity index (χ2v) is 6.15. The summed E-state index contributed by atoms with van der Waals surface area (Å²) in [4.78, 5) is 15.4. The summed E-state index contributed by atoms with van der Waals surface area (Å²) >= 11 is 1.53. The number of methoxy groups -OCH3 is 1. The van der Waals surface area contributed by atoms with Gasteiger partial charge in [0.25, 0.3) is 5.91 Å². The zero-order valence-corrected chi connectivity index (χ0v) is 12.1. The Bertz CT molecular complexity index is 473. The van der Waals surface area contributed by atoms with Crippen molar-refractivity contribution in [2.75, 3.05) is 20.3 Å². The van der Waals surface area contributed by atoms with Crippen LogP contribution in [0.5, 0.6) is 0 Å². The number of hydrogen-bond donors (Lipinski definition) is 0. The standard InChI is InChI=1S/C14H19NO3S/c1-9-7-12(19-8-9)14(16)15-5-6-18-13-10(15)3-4-11(13)17-2/h7-8,10-11,13H,3-6H2,1-2H3/t10-,11+,13+/m0/s1. The lowest BCUT2D eigenvalue weighted by Crippen LogP contribution is -2.53. The van der Waals surface area contributed by atoms with Gasteiger partial charge in [0.2, 0.25) is 0 Å². The van der Waals surface area contributed by atoms with Crippen molar-refractivity contribution in [3.05, 3.63) is 21.9 Å². The number of carbonyl (C=O) groups is 1. The summed E-state index contributed by atoms with van der Waals surface area (Å²) in [6.07, 6.45) is 2.12. The van der Waals surface area contributed by atoms with Gasteiger partial charge in [-0.3, -0.25) is 4.79 Å². The van der Waals surface area contributed by atoms with Gasteiger partial charge in [0.15, 0.2) is 0 Å². The first-order valence-corrected chi connectivity index (χ1v) is 7.59. The summed E-state index contributed by atoms with van der Waals surface area (Å²) in [6.45, 7) is 3.32. The topological polar surface area (TPSA) is 38.8 Å². The van der Waals surface area contributed by atoms with Crippen LogP contribution in [-0.4, -0.2) is 49.3 Å². The fourth-order valence-corrected chi connectivity index (χ4v) is 3.96. The molecule has 0 radical (unpaired) electrons. The van der Waals surface area contributed by atoms with Crippen LogP contribution in [0.4, 0.5) is 0 Å². The molecule has 1 aromatic heterocycles. The quantitative estimate of drug-likeness (QED) is 0.833. The minimum Gasteiger partial charge on any atom is -0.379 e. The highest BCUT2D eigenvalue weighted by molar-refractivity contribution is 7.12. The van der Waals surface area contributed by atoms with Gasteiger partial charge in [0.05, 0.1) is 23.6 Å². The first-order valence-electron chi connectivity index (χ1n) is 6.71. The van der Waals surface area contributed by atoms with Crippen molar-refractivity contribution in [3.8, 4) is 0 Å². The highest BCUT2D eigenvalue weighted by Gasteiger charge is 2.44. The normalized spacial score (nSPS) is 30.4. The predicted molar refractivity (Wildman–Crippen MR) is 73.7 cm³/mol. The molecule has 1 saturated carbocycles. The first-order chi connectivity index (χ1) is 9.20.